The number of nitrogens with zero attached hydrogens (tertiary/aromatic N) is 4. The smallest absolute Gasteiger partial charge is 0.202 e. The van der Waals surface area contributed by atoms with Crippen LogP contribution in [0.25, 0.3) is 11.5 Å². The fraction of sp³-hybridized carbons (Fsp3) is 0. The van der Waals surface area contributed by atoms with Gasteiger partial charge in [0.15, 0.2) is 0 Å². The Hall–Kier alpha value is -1.30. The largest absolute Gasteiger partial charge is 0.265 e. The molecule has 0 aliphatic carbocycles. The van der Waals surface area contributed by atoms with Gasteiger partial charge >= 0.3 is 0 Å². The molecule has 0 atom stereocenters. The third-order valence-corrected chi connectivity index (χ3v) is 1.51. The lowest BCUT2D eigenvalue weighted by molar-refractivity contribution is 1.07. The van der Waals surface area contributed by atoms with Crippen LogP contribution in [-0.2, 0) is 0 Å². The molecule has 0 radical (unpaired) electrons. The average Bonchev–Trinajstić information content (AvgIpc) is 2.59. The van der Waals surface area contributed by atoms with Crippen LogP contribution in [0, 0.1) is 0 Å². The Kier molecular flexibility index (Phi) is 1.17. The van der Waals surface area contributed by atoms with Crippen LogP contribution in [0.1, 0.15) is 0 Å². The number of nitrogens with one attached hydrogen (secondary N) is 1. The van der Waals surface area contributed by atoms with Crippen molar-refractivity contribution in [2.75, 3.05) is 0 Å². The molecule has 1 N–H and O–H groups in total. The molecule has 2 heterocycles. The van der Waals surface area contributed by atoms with Gasteiger partial charge in [-0.3, -0.25) is 5.10 Å². The van der Waals surface area contributed by atoms with E-state index in [0.717, 1.165) is 0 Å². The zero-order valence-electron chi connectivity index (χ0n) is 4.85. The molecule has 0 saturated carbocycles. The number of aromatic amines is 1. The van der Waals surface area contributed by atoms with Crippen molar-refractivity contribution in [2.45, 2.75) is 0 Å². The molecule has 5 nitrogen and oxygen atoms in total. The summed E-state index contributed by atoms with van der Waals surface area (Å²) in [6.07, 6.45) is 1.51. The van der Waals surface area contributed by atoms with Gasteiger partial charge in [0.25, 0.3) is 0 Å². The molecule has 2 aromatic heterocycles. The molecule has 6 heteroatoms. The lowest BCUT2D eigenvalue weighted by Gasteiger charge is -1.78. The lowest BCUT2D eigenvalue weighted by atomic mass is 10.5. The highest BCUT2D eigenvalue weighted by Gasteiger charge is 2.02. The molecule has 0 aromatic carbocycles. The van der Waals surface area contributed by atoms with Gasteiger partial charge in [-0.05, 0) is 11.5 Å². The zero-order valence-corrected chi connectivity index (χ0v) is 5.67. The van der Waals surface area contributed by atoms with Crippen molar-refractivity contribution in [1.82, 2.24) is 24.8 Å². The number of hydrogen-bond donors (Lipinski definition) is 1. The minimum Gasteiger partial charge on any atom is -0.265 e. The van der Waals surface area contributed by atoms with Gasteiger partial charge in [0.1, 0.15) is 12.0 Å². The van der Waals surface area contributed by atoms with Crippen LogP contribution in [0.15, 0.2) is 11.7 Å². The predicted molar refractivity (Wildman–Crippen MR) is 35.3 cm³/mol. The Morgan fingerprint density at radius 3 is 3.10 bits per heavy atom. The fourth-order valence-electron chi connectivity index (χ4n) is 0.594. The summed E-state index contributed by atoms with van der Waals surface area (Å²) in [6.45, 7) is 0. The van der Waals surface area contributed by atoms with E-state index in [9.17, 15) is 0 Å². The van der Waals surface area contributed by atoms with Crippen LogP contribution in [0.3, 0.4) is 0 Å². The van der Waals surface area contributed by atoms with Crippen molar-refractivity contribution >= 4 is 11.5 Å². The van der Waals surface area contributed by atoms with Crippen LogP contribution in [0.4, 0.5) is 0 Å². The molecule has 0 saturated heterocycles. The maximum absolute atomic E-state index is 3.90. The van der Waals surface area contributed by atoms with Crippen molar-refractivity contribution < 1.29 is 0 Å². The van der Waals surface area contributed by atoms with Crippen LogP contribution >= 0.6 is 11.5 Å². The summed E-state index contributed by atoms with van der Waals surface area (Å²) >= 11 is 1.28. The second-order valence-electron chi connectivity index (χ2n) is 1.61. The van der Waals surface area contributed by atoms with Crippen LogP contribution in [-0.4, -0.2) is 24.8 Å². The van der Waals surface area contributed by atoms with Crippen molar-refractivity contribution in [1.29, 1.82) is 0 Å². The first kappa shape index (κ1) is 5.48. The highest BCUT2D eigenvalue weighted by atomic mass is 32.1. The van der Waals surface area contributed by atoms with Crippen molar-refractivity contribution in [3.05, 3.63) is 11.7 Å². The number of aromatic nitrogens is 5. The monoisotopic (exact) mass is 153 g/mol. The summed E-state index contributed by atoms with van der Waals surface area (Å²) < 4.78 is 3.68. The van der Waals surface area contributed by atoms with E-state index < -0.39 is 0 Å². The van der Waals surface area contributed by atoms with Crippen molar-refractivity contribution in [3.8, 4) is 11.5 Å². The normalized spacial score (nSPS) is 10.0. The minimum atomic E-state index is 0.591. The molecule has 0 aliphatic heterocycles. The maximum atomic E-state index is 3.90. The Morgan fingerprint density at radius 2 is 2.50 bits per heavy atom. The summed E-state index contributed by atoms with van der Waals surface area (Å²) in [5.41, 5.74) is 0.714. The predicted octanol–water partition coefficient (Wildman–Crippen LogP) is 0.323. The van der Waals surface area contributed by atoms with Gasteiger partial charge in [-0.2, -0.15) is 5.10 Å². The average molecular weight is 153 g/mol. The molecular weight excluding hydrogens is 150 g/mol. The van der Waals surface area contributed by atoms with E-state index in [0.29, 0.717) is 11.5 Å². The van der Waals surface area contributed by atoms with Gasteiger partial charge in [-0.15, -0.1) is 5.10 Å². The van der Waals surface area contributed by atoms with Gasteiger partial charge in [-0.1, -0.05) is 4.49 Å². The quantitative estimate of drug-likeness (QED) is 0.640. The molecule has 0 spiro atoms. The SMILES string of the molecule is c1nc(-c2csnn2)n[nH]1. The Bertz CT molecular complexity index is 253. The minimum absolute atomic E-state index is 0.591. The number of rotatable bonds is 1. The number of hydrogen-bond acceptors (Lipinski definition) is 5. The van der Waals surface area contributed by atoms with Crippen molar-refractivity contribution in [3.63, 3.8) is 0 Å². The Labute approximate surface area is 60.3 Å². The summed E-state index contributed by atoms with van der Waals surface area (Å²) in [7, 11) is 0. The van der Waals surface area contributed by atoms with Gasteiger partial charge < -0.3 is 0 Å². The molecule has 2 rings (SSSR count). The number of H-pyrrole nitrogens is 1. The third kappa shape index (κ3) is 0.781. The zero-order chi connectivity index (χ0) is 6.81. The molecule has 50 valence electrons. The molecule has 0 bridgehead atoms. The summed E-state index contributed by atoms with van der Waals surface area (Å²) in [5, 5.41) is 12.0. The first-order valence-corrected chi connectivity index (χ1v) is 3.43. The van der Waals surface area contributed by atoms with Gasteiger partial charge in [0.05, 0.1) is 0 Å². The third-order valence-electron chi connectivity index (χ3n) is 1.00. The molecule has 0 unspecified atom stereocenters. The second kappa shape index (κ2) is 2.14. The van der Waals surface area contributed by atoms with Crippen LogP contribution in [0.2, 0.25) is 0 Å². The van der Waals surface area contributed by atoms with E-state index in [1.807, 2.05) is 0 Å². The lowest BCUT2D eigenvalue weighted by Crippen LogP contribution is -1.79. The molecular formula is C4H3N5S. The van der Waals surface area contributed by atoms with Gasteiger partial charge in [0.2, 0.25) is 5.82 Å². The summed E-state index contributed by atoms with van der Waals surface area (Å²) in [4.78, 5) is 3.90. The second-order valence-corrected chi connectivity index (χ2v) is 2.22. The van der Waals surface area contributed by atoms with E-state index in [1.54, 1.807) is 5.38 Å². The van der Waals surface area contributed by atoms with Crippen LogP contribution < -0.4 is 0 Å². The standard InChI is InChI=1S/C4H3N5S/c1-3(7-9-10-1)4-5-2-6-8-4/h1-2H,(H,5,6,8). The highest BCUT2D eigenvalue weighted by Crippen LogP contribution is 2.09. The molecule has 0 fully saturated rings. The first-order valence-electron chi connectivity index (χ1n) is 2.60. The van der Waals surface area contributed by atoms with E-state index in [-0.39, 0.29) is 0 Å². The Balaban J connectivity index is 2.48. The van der Waals surface area contributed by atoms with Gasteiger partial charge in [-0.25, -0.2) is 4.98 Å². The van der Waals surface area contributed by atoms with E-state index >= 15 is 0 Å². The fourth-order valence-corrected chi connectivity index (χ4v) is 1.03. The topological polar surface area (TPSA) is 67.3 Å². The first-order chi connectivity index (χ1) is 4.97. The molecule has 0 aliphatic rings. The van der Waals surface area contributed by atoms with Crippen LogP contribution in [0.5, 0.6) is 0 Å². The molecule has 10 heavy (non-hydrogen) atoms. The maximum Gasteiger partial charge on any atom is 0.202 e. The summed E-state index contributed by atoms with van der Waals surface area (Å²) in [5.74, 6) is 0.591. The molecule has 2 aromatic rings. The highest BCUT2D eigenvalue weighted by molar-refractivity contribution is 7.03. The van der Waals surface area contributed by atoms with E-state index in [4.69, 9.17) is 0 Å². The summed E-state index contributed by atoms with van der Waals surface area (Å²) in [6, 6.07) is 0. The van der Waals surface area contributed by atoms with E-state index in [2.05, 4.69) is 24.8 Å². The van der Waals surface area contributed by atoms with E-state index in [1.165, 1.54) is 17.9 Å². The Morgan fingerprint density at radius 1 is 1.50 bits per heavy atom. The van der Waals surface area contributed by atoms with Gasteiger partial charge in [0, 0.05) is 5.38 Å². The van der Waals surface area contributed by atoms with Crippen molar-refractivity contribution in [2.24, 2.45) is 0 Å². The molecule has 0 amide bonds.